The van der Waals surface area contributed by atoms with Crippen LogP contribution in [0.4, 0.5) is 0 Å². The standard InChI is InChI=1S/C17H16Cl2O2/c18-15-5-1-4-12(17(15)19)10-21-13-8-7-11-3-2-6-16(20)14(11)9-13/h1,4-5,7-9,16,20H,2-3,6,10H2. The fourth-order valence-corrected chi connectivity index (χ4v) is 3.04. The summed E-state index contributed by atoms with van der Waals surface area (Å²) >= 11 is 12.1. The molecule has 2 nitrogen and oxygen atoms in total. The van der Waals surface area contributed by atoms with Crippen molar-refractivity contribution in [2.24, 2.45) is 0 Å². The molecular weight excluding hydrogens is 307 g/mol. The number of rotatable bonds is 3. The van der Waals surface area contributed by atoms with Crippen LogP contribution < -0.4 is 4.74 Å². The average Bonchev–Trinajstić information content (AvgIpc) is 2.49. The van der Waals surface area contributed by atoms with Crippen LogP contribution in [0.15, 0.2) is 36.4 Å². The summed E-state index contributed by atoms with van der Waals surface area (Å²) < 4.78 is 5.79. The number of aliphatic hydroxyl groups is 1. The summed E-state index contributed by atoms with van der Waals surface area (Å²) in [6.45, 7) is 0.355. The van der Waals surface area contributed by atoms with Crippen LogP contribution in [0.5, 0.6) is 5.75 Å². The SMILES string of the molecule is OC1CCCc2ccc(OCc3cccc(Cl)c3Cl)cc21. The summed E-state index contributed by atoms with van der Waals surface area (Å²) in [6.07, 6.45) is 2.49. The highest BCUT2D eigenvalue weighted by molar-refractivity contribution is 6.42. The zero-order valence-corrected chi connectivity index (χ0v) is 13.0. The first kappa shape index (κ1) is 14.7. The summed E-state index contributed by atoms with van der Waals surface area (Å²) in [5, 5.41) is 11.1. The minimum Gasteiger partial charge on any atom is -0.489 e. The summed E-state index contributed by atoms with van der Waals surface area (Å²) in [5.41, 5.74) is 3.04. The largest absolute Gasteiger partial charge is 0.489 e. The third-order valence-corrected chi connectivity index (χ3v) is 4.68. The van der Waals surface area contributed by atoms with Crippen molar-refractivity contribution >= 4 is 23.2 Å². The first-order chi connectivity index (χ1) is 10.1. The second-order valence-corrected chi connectivity index (χ2v) is 6.06. The minimum atomic E-state index is -0.382. The van der Waals surface area contributed by atoms with E-state index in [1.54, 1.807) is 6.07 Å². The second-order valence-electron chi connectivity index (χ2n) is 5.27. The van der Waals surface area contributed by atoms with Crippen molar-refractivity contribution < 1.29 is 9.84 Å². The number of aryl methyl sites for hydroxylation is 1. The van der Waals surface area contributed by atoms with Crippen LogP contribution in [0.25, 0.3) is 0 Å². The van der Waals surface area contributed by atoms with Gasteiger partial charge in [-0.2, -0.15) is 0 Å². The highest BCUT2D eigenvalue weighted by Crippen LogP contribution is 2.33. The van der Waals surface area contributed by atoms with Crippen molar-refractivity contribution in [3.05, 3.63) is 63.1 Å². The molecule has 0 radical (unpaired) electrons. The van der Waals surface area contributed by atoms with Crippen molar-refractivity contribution in [1.82, 2.24) is 0 Å². The number of ether oxygens (including phenoxy) is 1. The summed E-state index contributed by atoms with van der Waals surface area (Å²) in [6, 6.07) is 11.4. The van der Waals surface area contributed by atoms with Gasteiger partial charge in [0.25, 0.3) is 0 Å². The third-order valence-electron chi connectivity index (χ3n) is 3.83. The number of aliphatic hydroxyl groups excluding tert-OH is 1. The van der Waals surface area contributed by atoms with Crippen LogP contribution in [0.1, 0.15) is 35.6 Å². The van der Waals surface area contributed by atoms with Gasteiger partial charge in [0.1, 0.15) is 12.4 Å². The molecule has 0 amide bonds. The average molecular weight is 323 g/mol. The lowest BCUT2D eigenvalue weighted by Crippen LogP contribution is -2.09. The third kappa shape index (κ3) is 3.18. The van der Waals surface area contributed by atoms with Gasteiger partial charge < -0.3 is 9.84 Å². The molecule has 21 heavy (non-hydrogen) atoms. The quantitative estimate of drug-likeness (QED) is 0.867. The van der Waals surface area contributed by atoms with Gasteiger partial charge in [0.15, 0.2) is 0 Å². The van der Waals surface area contributed by atoms with E-state index in [1.807, 2.05) is 30.3 Å². The van der Waals surface area contributed by atoms with Crippen LogP contribution in [-0.4, -0.2) is 5.11 Å². The van der Waals surface area contributed by atoms with Gasteiger partial charge in [-0.25, -0.2) is 0 Å². The Morgan fingerprint density at radius 1 is 1.19 bits per heavy atom. The van der Waals surface area contributed by atoms with Crippen molar-refractivity contribution in [3.63, 3.8) is 0 Å². The molecule has 0 heterocycles. The topological polar surface area (TPSA) is 29.5 Å². The zero-order chi connectivity index (χ0) is 14.8. The molecule has 1 aliphatic carbocycles. The van der Waals surface area contributed by atoms with Crippen molar-refractivity contribution in [2.75, 3.05) is 0 Å². The summed E-state index contributed by atoms with van der Waals surface area (Å²) in [4.78, 5) is 0. The predicted molar refractivity (Wildman–Crippen MR) is 85.1 cm³/mol. The molecule has 1 N–H and O–H groups in total. The van der Waals surface area contributed by atoms with Gasteiger partial charge in [0.05, 0.1) is 16.1 Å². The van der Waals surface area contributed by atoms with E-state index < -0.39 is 0 Å². The Kier molecular flexibility index (Phi) is 4.39. The van der Waals surface area contributed by atoms with Gasteiger partial charge in [0.2, 0.25) is 0 Å². The van der Waals surface area contributed by atoms with E-state index in [4.69, 9.17) is 27.9 Å². The van der Waals surface area contributed by atoms with Crippen molar-refractivity contribution in [3.8, 4) is 5.75 Å². The lowest BCUT2D eigenvalue weighted by atomic mass is 9.89. The number of benzene rings is 2. The summed E-state index contributed by atoms with van der Waals surface area (Å²) in [5.74, 6) is 0.741. The van der Waals surface area contributed by atoms with Crippen LogP contribution in [0.3, 0.4) is 0 Å². The molecule has 0 bridgehead atoms. The second kappa shape index (κ2) is 6.27. The normalized spacial score (nSPS) is 17.4. The van der Waals surface area contributed by atoms with E-state index in [9.17, 15) is 5.11 Å². The Morgan fingerprint density at radius 2 is 2.05 bits per heavy atom. The molecule has 3 rings (SSSR count). The fraction of sp³-hybridized carbons (Fsp3) is 0.294. The highest BCUT2D eigenvalue weighted by atomic mass is 35.5. The maximum Gasteiger partial charge on any atom is 0.120 e. The van der Waals surface area contributed by atoms with Gasteiger partial charge in [-0.1, -0.05) is 41.4 Å². The molecule has 0 saturated heterocycles. The number of fused-ring (bicyclic) bond motifs is 1. The fourth-order valence-electron chi connectivity index (χ4n) is 2.66. The molecule has 110 valence electrons. The molecule has 0 aromatic heterocycles. The summed E-state index contributed by atoms with van der Waals surface area (Å²) in [7, 11) is 0. The lowest BCUT2D eigenvalue weighted by Gasteiger charge is -2.22. The van der Waals surface area contributed by atoms with E-state index in [0.717, 1.165) is 36.1 Å². The van der Waals surface area contributed by atoms with E-state index in [-0.39, 0.29) is 6.10 Å². The molecular formula is C17H16Cl2O2. The number of halogens is 2. The molecule has 0 fully saturated rings. The lowest BCUT2D eigenvalue weighted by molar-refractivity contribution is 0.156. The minimum absolute atomic E-state index is 0.355. The number of hydrogen-bond donors (Lipinski definition) is 1. The molecule has 1 aliphatic rings. The maximum atomic E-state index is 10.1. The number of hydrogen-bond acceptors (Lipinski definition) is 2. The molecule has 0 saturated carbocycles. The first-order valence-corrected chi connectivity index (χ1v) is 7.77. The molecule has 0 spiro atoms. The predicted octanol–water partition coefficient (Wildman–Crippen LogP) is 4.94. The van der Waals surface area contributed by atoms with Crippen LogP contribution >= 0.6 is 23.2 Å². The van der Waals surface area contributed by atoms with Gasteiger partial charge in [-0.05, 0) is 48.6 Å². The Labute approximate surface area is 134 Å². The van der Waals surface area contributed by atoms with Gasteiger partial charge in [-0.15, -0.1) is 0 Å². The van der Waals surface area contributed by atoms with Crippen LogP contribution in [0.2, 0.25) is 10.0 Å². The maximum absolute atomic E-state index is 10.1. The highest BCUT2D eigenvalue weighted by Gasteiger charge is 2.18. The van der Waals surface area contributed by atoms with E-state index in [2.05, 4.69) is 0 Å². The van der Waals surface area contributed by atoms with Crippen molar-refractivity contribution in [2.45, 2.75) is 32.0 Å². The Morgan fingerprint density at radius 3 is 2.90 bits per heavy atom. The monoisotopic (exact) mass is 322 g/mol. The Hall–Kier alpha value is -1.22. The van der Waals surface area contributed by atoms with Gasteiger partial charge in [0, 0.05) is 5.56 Å². The molecule has 1 atom stereocenters. The molecule has 2 aromatic carbocycles. The van der Waals surface area contributed by atoms with Gasteiger partial charge in [-0.3, -0.25) is 0 Å². The molecule has 4 heteroatoms. The van der Waals surface area contributed by atoms with Crippen LogP contribution in [-0.2, 0) is 13.0 Å². The van der Waals surface area contributed by atoms with E-state index >= 15 is 0 Å². The smallest absolute Gasteiger partial charge is 0.120 e. The van der Waals surface area contributed by atoms with Crippen LogP contribution in [0, 0.1) is 0 Å². The zero-order valence-electron chi connectivity index (χ0n) is 11.5. The van der Waals surface area contributed by atoms with E-state index in [0.29, 0.717) is 16.7 Å². The van der Waals surface area contributed by atoms with Crippen molar-refractivity contribution in [1.29, 1.82) is 0 Å². The van der Waals surface area contributed by atoms with E-state index in [1.165, 1.54) is 5.56 Å². The molecule has 0 aliphatic heterocycles. The molecule has 2 aromatic rings. The Bertz CT molecular complexity index is 655. The molecule has 1 unspecified atom stereocenters. The van der Waals surface area contributed by atoms with Gasteiger partial charge >= 0.3 is 0 Å². The first-order valence-electron chi connectivity index (χ1n) is 7.02. The Balaban J connectivity index is 1.77.